The molecule has 5 nitrogen and oxygen atoms in total. The number of nitrogens with one attached hydrogen (secondary N) is 1. The monoisotopic (exact) mass is 391 g/mol. The summed E-state index contributed by atoms with van der Waals surface area (Å²) in [6, 6.07) is 8.70. The van der Waals surface area contributed by atoms with Crippen molar-refractivity contribution in [2.24, 2.45) is 0 Å². The molecule has 1 aromatic carbocycles. The average molecular weight is 391 g/mol. The van der Waals surface area contributed by atoms with Crippen LogP contribution < -0.4 is 5.32 Å². The highest BCUT2D eigenvalue weighted by molar-refractivity contribution is 5.94. The highest BCUT2D eigenvalue weighted by Crippen LogP contribution is 2.25. The number of anilines is 1. The van der Waals surface area contributed by atoms with Crippen LogP contribution in [0.2, 0.25) is 0 Å². The molecule has 2 aromatic rings. The van der Waals surface area contributed by atoms with Crippen molar-refractivity contribution in [3.8, 4) is 0 Å². The molecular formula is C23H22FN3O2. The number of hydrogen-bond acceptors (Lipinski definition) is 3. The molecule has 0 saturated carbocycles. The number of halogens is 1. The number of hydrogen-bond donors (Lipinski definition) is 1. The fraction of sp³-hybridized carbons (Fsp3) is 0.261. The number of nitrogens with zero attached hydrogens (tertiary/aromatic N) is 2. The van der Waals surface area contributed by atoms with Gasteiger partial charge in [-0.05, 0) is 54.2 Å². The third kappa shape index (κ3) is 4.42. The average Bonchev–Trinajstić information content (AvgIpc) is 2.98. The molecule has 0 bridgehead atoms. The molecule has 2 aliphatic heterocycles. The summed E-state index contributed by atoms with van der Waals surface area (Å²) in [5.41, 5.74) is 3.37. The molecule has 0 unspecified atom stereocenters. The molecule has 3 heterocycles. The lowest BCUT2D eigenvalue weighted by atomic mass is 10.0. The zero-order valence-corrected chi connectivity index (χ0v) is 16.0. The zero-order valence-electron chi connectivity index (χ0n) is 16.0. The van der Waals surface area contributed by atoms with Gasteiger partial charge in [0, 0.05) is 37.3 Å². The Hall–Kier alpha value is -3.28. The number of fused-ring (bicyclic) bond motifs is 1. The fourth-order valence-corrected chi connectivity index (χ4v) is 3.68. The highest BCUT2D eigenvalue weighted by Gasteiger charge is 2.17. The van der Waals surface area contributed by atoms with Crippen LogP contribution in [0.5, 0.6) is 0 Å². The summed E-state index contributed by atoms with van der Waals surface area (Å²) in [6.07, 6.45) is 9.53. The third-order valence-corrected chi connectivity index (χ3v) is 5.25. The summed E-state index contributed by atoms with van der Waals surface area (Å²) in [5.74, 6) is 0.270. The van der Waals surface area contributed by atoms with E-state index in [9.17, 15) is 14.0 Å². The maximum absolute atomic E-state index is 14.1. The molecule has 1 aromatic heterocycles. The lowest BCUT2D eigenvalue weighted by Crippen LogP contribution is -2.29. The molecule has 4 rings (SSSR count). The van der Waals surface area contributed by atoms with Crippen LogP contribution in [0.25, 0.3) is 11.6 Å². The van der Waals surface area contributed by atoms with Gasteiger partial charge in [0.25, 0.3) is 0 Å². The van der Waals surface area contributed by atoms with Gasteiger partial charge in [-0.15, -0.1) is 0 Å². The van der Waals surface area contributed by atoms with E-state index in [0.29, 0.717) is 37.3 Å². The van der Waals surface area contributed by atoms with Gasteiger partial charge < -0.3 is 10.2 Å². The number of carbonyl (C=O) groups is 2. The van der Waals surface area contributed by atoms with Gasteiger partial charge in [0.1, 0.15) is 11.6 Å². The molecule has 6 heteroatoms. The van der Waals surface area contributed by atoms with Crippen LogP contribution in [-0.4, -0.2) is 34.8 Å². The Kier molecular flexibility index (Phi) is 5.51. The molecule has 2 amide bonds. The van der Waals surface area contributed by atoms with Gasteiger partial charge in [-0.1, -0.05) is 24.3 Å². The van der Waals surface area contributed by atoms with E-state index in [1.54, 1.807) is 35.4 Å². The molecule has 0 spiro atoms. The van der Waals surface area contributed by atoms with E-state index in [0.717, 1.165) is 29.5 Å². The normalized spacial score (nSPS) is 16.8. The second kappa shape index (κ2) is 8.39. The minimum absolute atomic E-state index is 0.0209. The van der Waals surface area contributed by atoms with Gasteiger partial charge in [-0.3, -0.25) is 9.59 Å². The van der Waals surface area contributed by atoms with E-state index in [4.69, 9.17) is 0 Å². The Bertz CT molecular complexity index is 1010. The molecule has 148 valence electrons. The first-order chi connectivity index (χ1) is 14.1. The fourth-order valence-electron chi connectivity index (χ4n) is 3.68. The van der Waals surface area contributed by atoms with Crippen molar-refractivity contribution in [3.63, 3.8) is 0 Å². The van der Waals surface area contributed by atoms with E-state index in [1.807, 2.05) is 18.2 Å². The quantitative estimate of drug-likeness (QED) is 0.809. The van der Waals surface area contributed by atoms with Crippen LogP contribution >= 0.6 is 0 Å². The number of allylic oxidation sites excluding steroid dienone is 1. The number of aryl methyl sites for hydroxylation is 1. The van der Waals surface area contributed by atoms with Gasteiger partial charge in [-0.2, -0.15) is 0 Å². The molecule has 1 N–H and O–H groups in total. The van der Waals surface area contributed by atoms with Crippen molar-refractivity contribution in [1.82, 2.24) is 9.88 Å². The Balaban J connectivity index is 1.43. The SMILES string of the molecule is O=C1CCc2cc(/C=C/C(=O)N3CC=C(c4ccccc4F)CCC3)cnc2N1. The summed E-state index contributed by atoms with van der Waals surface area (Å²) in [5, 5.41) is 2.75. The molecule has 29 heavy (non-hydrogen) atoms. The summed E-state index contributed by atoms with van der Waals surface area (Å²) in [6.45, 7) is 1.09. The van der Waals surface area contributed by atoms with Crippen LogP contribution in [0.15, 0.2) is 48.7 Å². The minimum atomic E-state index is -0.227. The van der Waals surface area contributed by atoms with Crippen molar-refractivity contribution in [3.05, 3.63) is 71.2 Å². The third-order valence-electron chi connectivity index (χ3n) is 5.25. The summed E-state index contributed by atoms with van der Waals surface area (Å²) in [7, 11) is 0. The predicted octanol–water partition coefficient (Wildman–Crippen LogP) is 3.82. The Morgan fingerprint density at radius 2 is 2.07 bits per heavy atom. The zero-order chi connectivity index (χ0) is 20.2. The Morgan fingerprint density at radius 3 is 2.93 bits per heavy atom. The van der Waals surface area contributed by atoms with E-state index in [2.05, 4.69) is 10.3 Å². The highest BCUT2D eigenvalue weighted by atomic mass is 19.1. The Labute approximate surface area is 168 Å². The maximum atomic E-state index is 14.1. The van der Waals surface area contributed by atoms with Crippen molar-refractivity contribution in [2.45, 2.75) is 25.7 Å². The Morgan fingerprint density at radius 1 is 1.21 bits per heavy atom. The van der Waals surface area contributed by atoms with E-state index >= 15 is 0 Å². The first-order valence-corrected chi connectivity index (χ1v) is 9.80. The van der Waals surface area contributed by atoms with Gasteiger partial charge in [0.15, 0.2) is 0 Å². The van der Waals surface area contributed by atoms with Crippen molar-refractivity contribution in [1.29, 1.82) is 0 Å². The summed E-state index contributed by atoms with van der Waals surface area (Å²) in [4.78, 5) is 30.1. The van der Waals surface area contributed by atoms with E-state index in [1.165, 1.54) is 6.07 Å². The maximum Gasteiger partial charge on any atom is 0.246 e. The van der Waals surface area contributed by atoms with Crippen molar-refractivity contribution in [2.75, 3.05) is 18.4 Å². The molecule has 0 saturated heterocycles. The molecule has 0 aliphatic carbocycles. The lowest BCUT2D eigenvalue weighted by Gasteiger charge is -2.17. The lowest BCUT2D eigenvalue weighted by molar-refractivity contribution is -0.125. The smallest absolute Gasteiger partial charge is 0.246 e. The van der Waals surface area contributed by atoms with Gasteiger partial charge in [0.05, 0.1) is 0 Å². The van der Waals surface area contributed by atoms with E-state index < -0.39 is 0 Å². The van der Waals surface area contributed by atoms with E-state index in [-0.39, 0.29) is 17.6 Å². The first kappa shape index (κ1) is 19.1. The molecule has 0 radical (unpaired) electrons. The van der Waals surface area contributed by atoms with Crippen molar-refractivity contribution >= 4 is 29.3 Å². The summed E-state index contributed by atoms with van der Waals surface area (Å²) < 4.78 is 14.1. The number of rotatable bonds is 3. The number of carbonyl (C=O) groups excluding carboxylic acids is 2. The van der Waals surface area contributed by atoms with Gasteiger partial charge in [0.2, 0.25) is 11.8 Å². The first-order valence-electron chi connectivity index (χ1n) is 9.80. The minimum Gasteiger partial charge on any atom is -0.335 e. The predicted molar refractivity (Wildman–Crippen MR) is 110 cm³/mol. The molecule has 0 atom stereocenters. The van der Waals surface area contributed by atoms with Gasteiger partial charge >= 0.3 is 0 Å². The molecular weight excluding hydrogens is 369 g/mol. The molecule has 2 aliphatic rings. The van der Waals surface area contributed by atoms with Gasteiger partial charge in [-0.25, -0.2) is 9.37 Å². The number of aromatic nitrogens is 1. The number of amides is 2. The second-order valence-corrected chi connectivity index (χ2v) is 7.25. The molecule has 0 fully saturated rings. The largest absolute Gasteiger partial charge is 0.335 e. The van der Waals surface area contributed by atoms with Crippen LogP contribution in [-0.2, 0) is 16.0 Å². The summed E-state index contributed by atoms with van der Waals surface area (Å²) >= 11 is 0. The van der Waals surface area contributed by atoms with Crippen LogP contribution in [0, 0.1) is 5.82 Å². The topological polar surface area (TPSA) is 62.3 Å². The number of benzene rings is 1. The number of pyridine rings is 1. The standard InChI is InChI=1S/C23H22FN3O2/c24-20-6-2-1-5-19(20)17-4-3-12-27(13-11-17)22(29)10-7-16-14-18-8-9-21(28)26-23(18)25-15-16/h1-2,5-7,10-11,14-15H,3-4,8-9,12-13H2,(H,25,26,28)/b10-7+. The van der Waals surface area contributed by atoms with Crippen LogP contribution in [0.3, 0.4) is 0 Å². The van der Waals surface area contributed by atoms with Crippen LogP contribution in [0.1, 0.15) is 36.0 Å². The second-order valence-electron chi connectivity index (χ2n) is 7.25. The van der Waals surface area contributed by atoms with Crippen LogP contribution in [0.4, 0.5) is 10.2 Å². The van der Waals surface area contributed by atoms with Crippen molar-refractivity contribution < 1.29 is 14.0 Å².